The SMILES string of the molecule is CC(=O)c1cc([N+](=O)[O-])ccc1-c1ccc([N+](=O)[O-])cc1C(=O)Cl. The molecule has 0 radical (unpaired) electrons. The minimum absolute atomic E-state index is 0.0113. The van der Waals surface area contributed by atoms with Gasteiger partial charge in [0.15, 0.2) is 5.78 Å². The Morgan fingerprint density at radius 2 is 1.29 bits per heavy atom. The van der Waals surface area contributed by atoms with Gasteiger partial charge in [-0.3, -0.25) is 29.8 Å². The second kappa shape index (κ2) is 6.55. The number of carbonyl (C=O) groups excluding carboxylic acids is 2. The van der Waals surface area contributed by atoms with Crippen molar-refractivity contribution in [3.8, 4) is 11.1 Å². The molecule has 0 unspecified atom stereocenters. The van der Waals surface area contributed by atoms with Crippen LogP contribution in [0.1, 0.15) is 27.6 Å². The second-order valence-electron chi connectivity index (χ2n) is 4.80. The molecule has 0 bridgehead atoms. The summed E-state index contributed by atoms with van der Waals surface area (Å²) in [4.78, 5) is 43.8. The van der Waals surface area contributed by atoms with Crippen LogP contribution < -0.4 is 0 Å². The third-order valence-corrected chi connectivity index (χ3v) is 3.51. The minimum atomic E-state index is -0.943. The molecule has 9 heteroatoms. The normalized spacial score (nSPS) is 10.2. The molecule has 0 aliphatic rings. The molecule has 0 aliphatic heterocycles. The van der Waals surface area contributed by atoms with Crippen molar-refractivity contribution in [1.29, 1.82) is 0 Å². The number of nitro groups is 2. The highest BCUT2D eigenvalue weighted by molar-refractivity contribution is 6.68. The van der Waals surface area contributed by atoms with Gasteiger partial charge in [-0.15, -0.1) is 0 Å². The monoisotopic (exact) mass is 348 g/mol. The molecule has 0 heterocycles. The van der Waals surface area contributed by atoms with E-state index in [1.807, 2.05) is 0 Å². The lowest BCUT2D eigenvalue weighted by molar-refractivity contribution is -0.385. The Bertz CT molecular complexity index is 820. The van der Waals surface area contributed by atoms with E-state index in [2.05, 4.69) is 0 Å². The summed E-state index contributed by atoms with van der Waals surface area (Å²) in [7, 11) is 0. The molecular formula is C15H9ClN2O6. The van der Waals surface area contributed by atoms with Crippen molar-refractivity contribution in [2.75, 3.05) is 0 Å². The van der Waals surface area contributed by atoms with Crippen molar-refractivity contribution >= 4 is 34.0 Å². The van der Waals surface area contributed by atoms with Gasteiger partial charge in [0.2, 0.25) is 0 Å². The van der Waals surface area contributed by atoms with Gasteiger partial charge in [-0.2, -0.15) is 0 Å². The van der Waals surface area contributed by atoms with E-state index in [0.29, 0.717) is 0 Å². The van der Waals surface area contributed by atoms with Gasteiger partial charge in [0.05, 0.1) is 9.85 Å². The molecule has 0 aliphatic carbocycles. The Kier molecular flexibility index (Phi) is 4.70. The van der Waals surface area contributed by atoms with Gasteiger partial charge in [-0.1, -0.05) is 0 Å². The first-order valence-corrected chi connectivity index (χ1v) is 6.88. The van der Waals surface area contributed by atoms with Crippen LogP contribution in [0.15, 0.2) is 36.4 Å². The zero-order chi connectivity index (χ0) is 18.0. The molecule has 0 saturated heterocycles. The van der Waals surface area contributed by atoms with E-state index in [-0.39, 0.29) is 33.6 Å². The Morgan fingerprint density at radius 1 is 0.875 bits per heavy atom. The smallest absolute Gasteiger partial charge is 0.270 e. The maximum Gasteiger partial charge on any atom is 0.270 e. The largest absolute Gasteiger partial charge is 0.294 e. The molecule has 2 aromatic carbocycles. The number of Topliss-reactive ketones (excluding diaryl/α,β-unsaturated/α-hetero) is 1. The molecule has 0 spiro atoms. The fourth-order valence-electron chi connectivity index (χ4n) is 2.22. The van der Waals surface area contributed by atoms with Crippen LogP contribution in [0.5, 0.6) is 0 Å². The van der Waals surface area contributed by atoms with Gasteiger partial charge >= 0.3 is 0 Å². The lowest BCUT2D eigenvalue weighted by Gasteiger charge is -2.10. The van der Waals surface area contributed by atoms with Gasteiger partial charge in [0, 0.05) is 35.4 Å². The van der Waals surface area contributed by atoms with E-state index in [9.17, 15) is 29.8 Å². The summed E-state index contributed by atoms with van der Waals surface area (Å²) in [6, 6.07) is 6.99. The number of halogens is 1. The number of non-ortho nitro benzene ring substituents is 2. The summed E-state index contributed by atoms with van der Waals surface area (Å²) in [5, 5.41) is 20.8. The Hall–Kier alpha value is -3.13. The molecule has 2 rings (SSSR count). The maximum atomic E-state index is 11.8. The van der Waals surface area contributed by atoms with Crippen LogP contribution in [-0.4, -0.2) is 20.9 Å². The number of hydrogen-bond donors (Lipinski definition) is 0. The summed E-state index contributed by atoms with van der Waals surface area (Å²) in [6.45, 7) is 1.22. The molecule has 0 aromatic heterocycles. The second-order valence-corrected chi connectivity index (χ2v) is 5.15. The van der Waals surface area contributed by atoms with E-state index in [4.69, 9.17) is 11.6 Å². The van der Waals surface area contributed by atoms with E-state index in [0.717, 1.165) is 18.2 Å². The molecule has 0 saturated carbocycles. The van der Waals surface area contributed by atoms with Crippen molar-refractivity contribution in [3.05, 3.63) is 67.8 Å². The van der Waals surface area contributed by atoms with Crippen LogP contribution in [0.25, 0.3) is 11.1 Å². The highest BCUT2D eigenvalue weighted by Crippen LogP contribution is 2.33. The van der Waals surface area contributed by atoms with E-state index >= 15 is 0 Å². The van der Waals surface area contributed by atoms with Gasteiger partial charge in [-0.25, -0.2) is 0 Å². The van der Waals surface area contributed by atoms with Gasteiger partial charge in [0.25, 0.3) is 16.6 Å². The predicted octanol–water partition coefficient (Wildman–Crippen LogP) is 3.75. The first-order valence-electron chi connectivity index (χ1n) is 6.50. The fraction of sp³-hybridized carbons (Fsp3) is 0.0667. The third kappa shape index (κ3) is 3.28. The number of carbonyl (C=O) groups is 2. The number of hydrogen-bond acceptors (Lipinski definition) is 6. The van der Waals surface area contributed by atoms with Gasteiger partial charge in [0.1, 0.15) is 0 Å². The van der Waals surface area contributed by atoms with Crippen LogP contribution >= 0.6 is 11.6 Å². The summed E-state index contributed by atoms with van der Waals surface area (Å²) < 4.78 is 0. The molecule has 8 nitrogen and oxygen atoms in total. The maximum absolute atomic E-state index is 11.8. The van der Waals surface area contributed by atoms with Crippen molar-refractivity contribution in [2.24, 2.45) is 0 Å². The van der Waals surface area contributed by atoms with E-state index < -0.39 is 20.9 Å². The quantitative estimate of drug-likeness (QED) is 0.351. The predicted molar refractivity (Wildman–Crippen MR) is 85.4 cm³/mol. The number of rotatable bonds is 5. The van der Waals surface area contributed by atoms with Crippen molar-refractivity contribution in [1.82, 2.24) is 0 Å². The summed E-state index contributed by atoms with van der Waals surface area (Å²) in [5.41, 5.74) is -0.370. The highest BCUT2D eigenvalue weighted by Gasteiger charge is 2.21. The molecule has 122 valence electrons. The Morgan fingerprint density at radius 3 is 1.67 bits per heavy atom. The van der Waals surface area contributed by atoms with Crippen molar-refractivity contribution < 1.29 is 19.4 Å². The minimum Gasteiger partial charge on any atom is -0.294 e. The molecule has 0 N–H and O–H groups in total. The van der Waals surface area contributed by atoms with Crippen LogP contribution in [0.2, 0.25) is 0 Å². The average Bonchev–Trinajstić information content (AvgIpc) is 2.53. The van der Waals surface area contributed by atoms with Crippen LogP contribution in [-0.2, 0) is 0 Å². The van der Waals surface area contributed by atoms with Gasteiger partial charge in [-0.05, 0) is 41.8 Å². The van der Waals surface area contributed by atoms with E-state index in [1.165, 1.54) is 25.1 Å². The summed E-state index contributed by atoms with van der Waals surface area (Å²) in [5.74, 6) is -0.458. The fourth-order valence-corrected chi connectivity index (χ4v) is 2.37. The number of nitrogens with zero attached hydrogens (tertiary/aromatic N) is 2. The molecule has 24 heavy (non-hydrogen) atoms. The van der Waals surface area contributed by atoms with Crippen LogP contribution in [0.3, 0.4) is 0 Å². The van der Waals surface area contributed by atoms with Crippen molar-refractivity contribution in [3.63, 3.8) is 0 Å². The first kappa shape index (κ1) is 17.2. The number of ketones is 1. The highest BCUT2D eigenvalue weighted by atomic mass is 35.5. The Balaban J connectivity index is 2.76. The number of benzene rings is 2. The zero-order valence-corrected chi connectivity index (χ0v) is 12.9. The third-order valence-electron chi connectivity index (χ3n) is 3.31. The first-order chi connectivity index (χ1) is 11.2. The lowest BCUT2D eigenvalue weighted by atomic mass is 9.93. The molecular weight excluding hydrogens is 340 g/mol. The zero-order valence-electron chi connectivity index (χ0n) is 12.2. The topological polar surface area (TPSA) is 120 Å². The summed E-state index contributed by atoms with van der Waals surface area (Å²) >= 11 is 5.49. The van der Waals surface area contributed by atoms with Crippen LogP contribution in [0, 0.1) is 20.2 Å². The number of nitro benzene ring substituents is 2. The average molecular weight is 349 g/mol. The molecule has 0 atom stereocenters. The van der Waals surface area contributed by atoms with Gasteiger partial charge < -0.3 is 0 Å². The van der Waals surface area contributed by atoms with E-state index in [1.54, 1.807) is 0 Å². The van der Waals surface area contributed by atoms with Crippen molar-refractivity contribution in [2.45, 2.75) is 6.92 Å². The molecule has 2 aromatic rings. The summed E-state index contributed by atoms with van der Waals surface area (Å²) in [6.07, 6.45) is 0. The molecule has 0 amide bonds. The van der Waals surface area contributed by atoms with Crippen LogP contribution in [0.4, 0.5) is 11.4 Å². The molecule has 0 fully saturated rings. The lowest BCUT2D eigenvalue weighted by Crippen LogP contribution is -2.02. The Labute approximate surface area is 140 Å². The standard InChI is InChI=1S/C15H9ClN2O6/c1-8(19)13-6-9(17(21)22)2-4-11(13)12-5-3-10(18(23)24)7-14(12)15(16)20/h2-7H,1H3.